The third kappa shape index (κ3) is 3.45. The summed E-state index contributed by atoms with van der Waals surface area (Å²) in [4.78, 5) is 18.4. The Hall–Kier alpha value is -1.52. The maximum atomic E-state index is 11.6. The van der Waals surface area contributed by atoms with Gasteiger partial charge in [-0.1, -0.05) is 11.6 Å². The molecule has 0 aromatic carbocycles. The van der Waals surface area contributed by atoms with Gasteiger partial charge < -0.3 is 15.5 Å². The Labute approximate surface area is 133 Å². The lowest BCUT2D eigenvalue weighted by molar-refractivity contribution is -0.119. The fraction of sp³-hybridized carbons (Fsp3) is 0.765. The number of nitrogens with zero attached hydrogens (tertiary/aromatic N) is 2. The van der Waals surface area contributed by atoms with Crippen molar-refractivity contribution in [2.24, 2.45) is 10.4 Å². The monoisotopic (exact) mass is 304 g/mol. The highest BCUT2D eigenvalue weighted by atomic mass is 16.1. The normalized spacial score (nSPS) is 29.0. The molecule has 0 bridgehead atoms. The Morgan fingerprint density at radius 1 is 1.50 bits per heavy atom. The predicted octanol–water partition coefficient (Wildman–Crippen LogP) is 1.66. The second kappa shape index (κ2) is 6.71. The number of nitrogens with one attached hydrogen (secondary N) is 2. The van der Waals surface area contributed by atoms with Gasteiger partial charge in [0, 0.05) is 45.1 Å². The van der Waals surface area contributed by atoms with Crippen LogP contribution in [0.4, 0.5) is 0 Å². The second-order valence-electron chi connectivity index (χ2n) is 6.96. The van der Waals surface area contributed by atoms with Crippen molar-refractivity contribution in [2.75, 3.05) is 33.2 Å². The molecule has 5 heteroatoms. The van der Waals surface area contributed by atoms with Crippen LogP contribution in [-0.4, -0.2) is 50.0 Å². The zero-order chi connectivity index (χ0) is 15.4. The van der Waals surface area contributed by atoms with Gasteiger partial charge in [0.2, 0.25) is 5.91 Å². The van der Waals surface area contributed by atoms with E-state index in [1.54, 1.807) is 5.57 Å². The van der Waals surface area contributed by atoms with Gasteiger partial charge in [-0.2, -0.15) is 0 Å². The molecular weight excluding hydrogens is 276 g/mol. The minimum absolute atomic E-state index is 0.126. The first-order chi connectivity index (χ1) is 10.7. The van der Waals surface area contributed by atoms with Crippen LogP contribution in [0.5, 0.6) is 0 Å². The first-order valence-electron chi connectivity index (χ1n) is 8.61. The number of guanidine groups is 1. The molecule has 0 saturated carbocycles. The summed E-state index contributed by atoms with van der Waals surface area (Å²) in [6, 6.07) is 0. The lowest BCUT2D eigenvalue weighted by Crippen LogP contribution is -2.51. The van der Waals surface area contributed by atoms with Crippen LogP contribution in [0, 0.1) is 5.41 Å². The van der Waals surface area contributed by atoms with E-state index in [0.29, 0.717) is 6.42 Å². The van der Waals surface area contributed by atoms with E-state index >= 15 is 0 Å². The molecular formula is C17H28N4O. The lowest BCUT2D eigenvalue weighted by Gasteiger charge is -2.40. The zero-order valence-corrected chi connectivity index (χ0v) is 13.7. The number of likely N-dealkylation sites (tertiary alicyclic amines) is 1. The molecule has 2 aliphatic heterocycles. The van der Waals surface area contributed by atoms with Crippen LogP contribution in [-0.2, 0) is 4.79 Å². The SMILES string of the molecule is CN=C(NCCC1=CCCC1)N1CCCC2(CNC(=O)C2)C1. The third-order valence-corrected chi connectivity index (χ3v) is 5.23. The van der Waals surface area contributed by atoms with E-state index < -0.39 is 0 Å². The Kier molecular flexibility index (Phi) is 4.69. The van der Waals surface area contributed by atoms with Crippen molar-refractivity contribution in [3.8, 4) is 0 Å². The summed E-state index contributed by atoms with van der Waals surface area (Å²) in [6.07, 6.45) is 10.3. The summed E-state index contributed by atoms with van der Waals surface area (Å²) < 4.78 is 0. The van der Waals surface area contributed by atoms with Crippen LogP contribution in [0.1, 0.15) is 44.9 Å². The molecule has 1 atom stereocenters. The quantitative estimate of drug-likeness (QED) is 0.474. The summed E-state index contributed by atoms with van der Waals surface area (Å²) in [6.45, 7) is 3.76. The van der Waals surface area contributed by atoms with Gasteiger partial charge in [-0.25, -0.2) is 0 Å². The molecule has 0 aromatic rings. The Bertz CT molecular complexity index is 485. The second-order valence-corrected chi connectivity index (χ2v) is 6.96. The minimum Gasteiger partial charge on any atom is -0.356 e. The van der Waals surface area contributed by atoms with E-state index in [2.05, 4.69) is 26.6 Å². The zero-order valence-electron chi connectivity index (χ0n) is 13.7. The highest BCUT2D eigenvalue weighted by Crippen LogP contribution is 2.35. The van der Waals surface area contributed by atoms with E-state index in [9.17, 15) is 4.79 Å². The molecule has 2 fully saturated rings. The van der Waals surface area contributed by atoms with Gasteiger partial charge >= 0.3 is 0 Å². The molecule has 0 radical (unpaired) electrons. The summed E-state index contributed by atoms with van der Waals surface area (Å²) >= 11 is 0. The van der Waals surface area contributed by atoms with Gasteiger partial charge in [0.05, 0.1) is 0 Å². The molecule has 1 amide bonds. The van der Waals surface area contributed by atoms with Crippen LogP contribution in [0.15, 0.2) is 16.6 Å². The van der Waals surface area contributed by atoms with Crippen LogP contribution in [0.2, 0.25) is 0 Å². The summed E-state index contributed by atoms with van der Waals surface area (Å²) in [5, 5.41) is 6.52. The fourth-order valence-corrected chi connectivity index (χ4v) is 4.06. The smallest absolute Gasteiger partial charge is 0.220 e. The number of amides is 1. The molecule has 3 rings (SSSR count). The van der Waals surface area contributed by atoms with Crippen molar-refractivity contribution in [1.29, 1.82) is 0 Å². The van der Waals surface area contributed by atoms with E-state index in [4.69, 9.17) is 0 Å². The number of aliphatic imine (C=N–C) groups is 1. The van der Waals surface area contributed by atoms with Crippen molar-refractivity contribution < 1.29 is 4.79 Å². The van der Waals surface area contributed by atoms with E-state index in [1.807, 2.05) is 7.05 Å². The Morgan fingerprint density at radius 3 is 3.09 bits per heavy atom. The third-order valence-electron chi connectivity index (χ3n) is 5.23. The van der Waals surface area contributed by atoms with E-state index in [0.717, 1.165) is 51.4 Å². The highest BCUT2D eigenvalue weighted by molar-refractivity contribution is 5.81. The first-order valence-corrected chi connectivity index (χ1v) is 8.61. The Balaban J connectivity index is 1.53. The summed E-state index contributed by atoms with van der Waals surface area (Å²) in [7, 11) is 1.86. The summed E-state index contributed by atoms with van der Waals surface area (Å²) in [5.41, 5.74) is 1.71. The number of piperidine rings is 1. The number of allylic oxidation sites excluding steroid dienone is 1. The fourth-order valence-electron chi connectivity index (χ4n) is 4.06. The molecule has 1 unspecified atom stereocenters. The van der Waals surface area contributed by atoms with E-state index in [1.165, 1.54) is 19.3 Å². The number of hydrogen-bond donors (Lipinski definition) is 2. The van der Waals surface area contributed by atoms with Crippen molar-refractivity contribution in [3.05, 3.63) is 11.6 Å². The van der Waals surface area contributed by atoms with Crippen LogP contribution < -0.4 is 10.6 Å². The van der Waals surface area contributed by atoms with Gasteiger partial charge in [-0.15, -0.1) is 0 Å². The van der Waals surface area contributed by atoms with Gasteiger partial charge in [0.15, 0.2) is 5.96 Å². The molecule has 5 nitrogen and oxygen atoms in total. The average molecular weight is 304 g/mol. The van der Waals surface area contributed by atoms with Crippen molar-refractivity contribution >= 4 is 11.9 Å². The highest BCUT2D eigenvalue weighted by Gasteiger charge is 2.42. The molecule has 3 aliphatic rings. The van der Waals surface area contributed by atoms with Crippen LogP contribution >= 0.6 is 0 Å². The molecule has 122 valence electrons. The van der Waals surface area contributed by atoms with E-state index in [-0.39, 0.29) is 11.3 Å². The molecule has 22 heavy (non-hydrogen) atoms. The number of carbonyl (C=O) groups is 1. The largest absolute Gasteiger partial charge is 0.356 e. The van der Waals surface area contributed by atoms with Crippen molar-refractivity contribution in [3.63, 3.8) is 0 Å². The first kappa shape index (κ1) is 15.4. The average Bonchev–Trinajstić information content (AvgIpc) is 3.14. The number of rotatable bonds is 3. The summed E-state index contributed by atoms with van der Waals surface area (Å²) in [5.74, 6) is 1.20. The minimum atomic E-state index is 0.126. The maximum absolute atomic E-state index is 11.6. The van der Waals surface area contributed by atoms with Gasteiger partial charge in [0.25, 0.3) is 0 Å². The lowest BCUT2D eigenvalue weighted by atomic mass is 9.79. The van der Waals surface area contributed by atoms with Crippen LogP contribution in [0.3, 0.4) is 0 Å². The molecule has 2 saturated heterocycles. The maximum Gasteiger partial charge on any atom is 0.220 e. The van der Waals surface area contributed by atoms with Crippen LogP contribution in [0.25, 0.3) is 0 Å². The molecule has 2 heterocycles. The topological polar surface area (TPSA) is 56.7 Å². The Morgan fingerprint density at radius 2 is 2.41 bits per heavy atom. The predicted molar refractivity (Wildman–Crippen MR) is 88.8 cm³/mol. The number of carbonyl (C=O) groups excluding carboxylic acids is 1. The molecule has 0 aromatic heterocycles. The van der Waals surface area contributed by atoms with Gasteiger partial charge in [-0.05, 0) is 38.5 Å². The standard InChI is InChI=1S/C17H28N4O/c1-18-16(19-9-7-14-5-2-3-6-14)21-10-4-8-17(13-21)11-15(22)20-12-17/h5H,2-4,6-13H2,1H3,(H,18,19)(H,20,22). The van der Waals surface area contributed by atoms with Crippen molar-refractivity contribution in [2.45, 2.75) is 44.9 Å². The van der Waals surface area contributed by atoms with Crippen molar-refractivity contribution in [1.82, 2.24) is 15.5 Å². The van der Waals surface area contributed by atoms with Gasteiger partial charge in [-0.3, -0.25) is 9.79 Å². The number of hydrogen-bond acceptors (Lipinski definition) is 2. The molecule has 1 spiro atoms. The molecule has 1 aliphatic carbocycles. The van der Waals surface area contributed by atoms with Gasteiger partial charge in [0.1, 0.15) is 0 Å². The molecule has 2 N–H and O–H groups in total.